The highest BCUT2D eigenvalue weighted by atomic mass is 16.6. The molecule has 0 radical (unpaired) electrons. The molecule has 0 bridgehead atoms. The van der Waals surface area contributed by atoms with Gasteiger partial charge in [-0.3, -0.25) is 4.79 Å². The molecule has 29 heavy (non-hydrogen) atoms. The Hall–Kier alpha value is -2.28. The molecule has 1 fully saturated rings. The summed E-state index contributed by atoms with van der Waals surface area (Å²) in [6.07, 6.45) is -0.0907. The fourth-order valence-electron chi connectivity index (χ4n) is 3.56. The number of aromatic hydroxyl groups is 1. The SMILES string of the molecule is CC(C)(C)OC(=O)N1CCC[C@@H](O)[C@H](N(C(=O)c2ccc(O)cc2)C(C)(C)C)C1. The summed E-state index contributed by atoms with van der Waals surface area (Å²) in [4.78, 5) is 29.2. The Labute approximate surface area is 173 Å². The number of hydrogen-bond acceptors (Lipinski definition) is 5. The second-order valence-electron chi connectivity index (χ2n) is 9.60. The first kappa shape index (κ1) is 23.0. The van der Waals surface area contributed by atoms with Gasteiger partial charge in [-0.25, -0.2) is 4.79 Å². The fourth-order valence-corrected chi connectivity index (χ4v) is 3.56. The number of ether oxygens (including phenoxy) is 1. The molecular weight excluding hydrogens is 372 g/mol. The predicted octanol–water partition coefficient (Wildman–Crippen LogP) is 3.39. The first-order valence-corrected chi connectivity index (χ1v) is 10.1. The van der Waals surface area contributed by atoms with E-state index in [1.165, 1.54) is 12.1 Å². The molecule has 2 rings (SSSR count). The Morgan fingerprint density at radius 1 is 1.10 bits per heavy atom. The molecule has 2 amide bonds. The van der Waals surface area contributed by atoms with Crippen LogP contribution in [0.5, 0.6) is 5.75 Å². The maximum Gasteiger partial charge on any atom is 0.410 e. The zero-order valence-electron chi connectivity index (χ0n) is 18.3. The molecule has 1 saturated heterocycles. The molecule has 0 aliphatic carbocycles. The van der Waals surface area contributed by atoms with Gasteiger partial charge < -0.3 is 24.7 Å². The number of rotatable bonds is 2. The molecule has 2 N–H and O–H groups in total. The van der Waals surface area contributed by atoms with Crippen LogP contribution < -0.4 is 0 Å². The maximum atomic E-state index is 13.4. The number of carbonyl (C=O) groups is 2. The Bertz CT molecular complexity index is 718. The van der Waals surface area contributed by atoms with Crippen LogP contribution in [-0.4, -0.2) is 68.4 Å². The summed E-state index contributed by atoms with van der Waals surface area (Å²) < 4.78 is 5.51. The van der Waals surface area contributed by atoms with Gasteiger partial charge in [-0.15, -0.1) is 0 Å². The van der Waals surface area contributed by atoms with Gasteiger partial charge in [0.2, 0.25) is 0 Å². The van der Waals surface area contributed by atoms with Gasteiger partial charge in [0.05, 0.1) is 12.1 Å². The summed E-state index contributed by atoms with van der Waals surface area (Å²) in [7, 11) is 0. The Morgan fingerprint density at radius 3 is 2.21 bits per heavy atom. The van der Waals surface area contributed by atoms with Crippen LogP contribution in [0.25, 0.3) is 0 Å². The van der Waals surface area contributed by atoms with E-state index in [2.05, 4.69) is 0 Å². The number of aliphatic hydroxyl groups is 1. The number of likely N-dealkylation sites (tertiary alicyclic amines) is 1. The minimum Gasteiger partial charge on any atom is -0.508 e. The highest BCUT2D eigenvalue weighted by Crippen LogP contribution is 2.27. The minimum atomic E-state index is -0.761. The van der Waals surface area contributed by atoms with Crippen LogP contribution in [-0.2, 0) is 4.74 Å². The van der Waals surface area contributed by atoms with Crippen molar-refractivity contribution in [1.29, 1.82) is 0 Å². The zero-order valence-corrected chi connectivity index (χ0v) is 18.3. The third-order valence-corrected chi connectivity index (χ3v) is 4.82. The van der Waals surface area contributed by atoms with E-state index < -0.39 is 29.4 Å². The van der Waals surface area contributed by atoms with E-state index in [4.69, 9.17) is 4.74 Å². The zero-order chi connectivity index (χ0) is 22.0. The number of nitrogens with zero attached hydrogens (tertiary/aromatic N) is 2. The Morgan fingerprint density at radius 2 is 1.69 bits per heavy atom. The highest BCUT2D eigenvalue weighted by molar-refractivity contribution is 5.95. The van der Waals surface area contributed by atoms with Crippen molar-refractivity contribution in [2.75, 3.05) is 13.1 Å². The predicted molar refractivity (Wildman–Crippen MR) is 111 cm³/mol. The molecule has 7 nitrogen and oxygen atoms in total. The largest absolute Gasteiger partial charge is 0.508 e. The summed E-state index contributed by atoms with van der Waals surface area (Å²) in [6, 6.07) is 5.47. The Balaban J connectivity index is 2.35. The molecule has 7 heteroatoms. The van der Waals surface area contributed by atoms with Crippen LogP contribution in [0.4, 0.5) is 4.79 Å². The molecule has 1 aliphatic heterocycles. The van der Waals surface area contributed by atoms with Gasteiger partial charge in [0.25, 0.3) is 5.91 Å². The molecule has 0 saturated carbocycles. The lowest BCUT2D eigenvalue weighted by Crippen LogP contribution is -2.59. The summed E-state index contributed by atoms with van der Waals surface area (Å²) in [6.45, 7) is 11.8. The maximum absolute atomic E-state index is 13.4. The van der Waals surface area contributed by atoms with E-state index in [-0.39, 0.29) is 18.2 Å². The monoisotopic (exact) mass is 406 g/mol. The number of hydrogen-bond donors (Lipinski definition) is 2. The van der Waals surface area contributed by atoms with Crippen molar-refractivity contribution >= 4 is 12.0 Å². The second kappa shape index (κ2) is 8.61. The second-order valence-corrected chi connectivity index (χ2v) is 9.60. The van der Waals surface area contributed by atoms with Gasteiger partial charge in [0.1, 0.15) is 11.4 Å². The molecular formula is C22H34N2O5. The fraction of sp³-hybridized carbons (Fsp3) is 0.636. The Kier molecular flexibility index (Phi) is 6.83. The van der Waals surface area contributed by atoms with E-state index in [1.807, 2.05) is 41.5 Å². The molecule has 0 unspecified atom stereocenters. The van der Waals surface area contributed by atoms with Gasteiger partial charge >= 0.3 is 6.09 Å². The van der Waals surface area contributed by atoms with E-state index in [1.54, 1.807) is 21.9 Å². The van der Waals surface area contributed by atoms with Gasteiger partial charge in [-0.05, 0) is 78.6 Å². The quantitative estimate of drug-likeness (QED) is 0.786. The van der Waals surface area contributed by atoms with Crippen molar-refractivity contribution in [3.63, 3.8) is 0 Å². The van der Waals surface area contributed by atoms with Gasteiger partial charge in [0.15, 0.2) is 0 Å². The van der Waals surface area contributed by atoms with E-state index >= 15 is 0 Å². The standard InChI is InChI=1S/C22H34N2O5/c1-21(2,3)24(19(27)15-9-11-16(25)12-10-15)17-14-23(13-7-8-18(17)26)20(28)29-22(4,5)6/h9-12,17-18,25-26H,7-8,13-14H2,1-6H3/t17-,18-/m1/s1. The van der Waals surface area contributed by atoms with Crippen LogP contribution in [0.2, 0.25) is 0 Å². The summed E-state index contributed by atoms with van der Waals surface area (Å²) >= 11 is 0. The number of phenolic OH excluding ortho intramolecular Hbond substituents is 1. The van der Waals surface area contributed by atoms with Crippen molar-refractivity contribution in [2.45, 2.75) is 77.7 Å². The van der Waals surface area contributed by atoms with Crippen LogP contribution in [0, 0.1) is 0 Å². The summed E-state index contributed by atoms with van der Waals surface area (Å²) in [5.41, 5.74) is -0.800. The van der Waals surface area contributed by atoms with Crippen LogP contribution in [0.15, 0.2) is 24.3 Å². The van der Waals surface area contributed by atoms with Crippen molar-refractivity contribution in [3.8, 4) is 5.75 Å². The van der Waals surface area contributed by atoms with Gasteiger partial charge in [-0.1, -0.05) is 0 Å². The third kappa shape index (κ3) is 6.10. The van der Waals surface area contributed by atoms with Crippen LogP contribution >= 0.6 is 0 Å². The summed E-state index contributed by atoms with van der Waals surface area (Å²) in [5, 5.41) is 20.4. The van der Waals surface area contributed by atoms with E-state index in [0.29, 0.717) is 24.9 Å². The summed E-state index contributed by atoms with van der Waals surface area (Å²) in [5.74, 6) is -0.179. The number of phenols is 1. The topological polar surface area (TPSA) is 90.3 Å². The number of carbonyl (C=O) groups excluding carboxylic acids is 2. The van der Waals surface area contributed by atoms with Crippen molar-refractivity contribution in [1.82, 2.24) is 9.80 Å². The number of aliphatic hydroxyl groups excluding tert-OH is 1. The van der Waals surface area contributed by atoms with Crippen molar-refractivity contribution < 1.29 is 24.5 Å². The molecule has 0 aromatic heterocycles. The lowest BCUT2D eigenvalue weighted by atomic mass is 9.96. The van der Waals surface area contributed by atoms with E-state index in [9.17, 15) is 19.8 Å². The normalized spacial score (nSPS) is 20.7. The van der Waals surface area contributed by atoms with Crippen molar-refractivity contribution in [2.24, 2.45) is 0 Å². The lowest BCUT2D eigenvalue weighted by molar-refractivity contribution is -0.0104. The third-order valence-electron chi connectivity index (χ3n) is 4.82. The lowest BCUT2D eigenvalue weighted by Gasteiger charge is -2.44. The van der Waals surface area contributed by atoms with Crippen molar-refractivity contribution in [3.05, 3.63) is 29.8 Å². The first-order chi connectivity index (χ1) is 13.3. The number of amides is 2. The van der Waals surface area contributed by atoms with E-state index in [0.717, 1.165) is 0 Å². The molecule has 1 aromatic carbocycles. The van der Waals surface area contributed by atoms with Crippen LogP contribution in [0.3, 0.4) is 0 Å². The number of benzene rings is 1. The highest BCUT2D eigenvalue weighted by Gasteiger charge is 2.41. The smallest absolute Gasteiger partial charge is 0.410 e. The average molecular weight is 407 g/mol. The average Bonchev–Trinajstić information content (AvgIpc) is 2.75. The van der Waals surface area contributed by atoms with Gasteiger partial charge in [-0.2, -0.15) is 0 Å². The molecule has 162 valence electrons. The van der Waals surface area contributed by atoms with Crippen LogP contribution in [0.1, 0.15) is 64.7 Å². The first-order valence-electron chi connectivity index (χ1n) is 10.1. The molecule has 1 aliphatic rings. The molecule has 0 spiro atoms. The molecule has 1 aromatic rings. The molecule has 2 atom stereocenters. The van der Waals surface area contributed by atoms with Gasteiger partial charge in [0, 0.05) is 24.2 Å². The molecule has 1 heterocycles. The minimum absolute atomic E-state index is 0.0782.